The second-order valence-corrected chi connectivity index (χ2v) is 12.9. The quantitative estimate of drug-likeness (QED) is 0.175. The van der Waals surface area contributed by atoms with Gasteiger partial charge in [-0.3, -0.25) is 4.90 Å². The predicted octanol–water partition coefficient (Wildman–Crippen LogP) is 7.69. The number of nitrogens with zero attached hydrogens (tertiary/aromatic N) is 7. The van der Waals surface area contributed by atoms with Crippen LogP contribution < -0.4 is 5.32 Å². The van der Waals surface area contributed by atoms with Crippen LogP contribution in [0.1, 0.15) is 55.7 Å². The molecule has 1 saturated heterocycles. The lowest BCUT2D eigenvalue weighted by Gasteiger charge is -2.30. The number of anilines is 1. The third kappa shape index (κ3) is 6.72. The molecule has 9 nitrogen and oxygen atoms in total. The molecule has 7 rings (SSSR count). The van der Waals surface area contributed by atoms with E-state index in [0.29, 0.717) is 58.8 Å². The van der Waals surface area contributed by atoms with E-state index in [1.54, 1.807) is 35.2 Å². The van der Waals surface area contributed by atoms with Crippen LogP contribution in [0.5, 0.6) is 0 Å². The number of hydrogen-bond acceptors (Lipinski definition) is 8. The highest BCUT2D eigenvalue weighted by Crippen LogP contribution is 2.40. The number of fused-ring (bicyclic) bond motifs is 1. The molecule has 1 atom stereocenters. The summed E-state index contributed by atoms with van der Waals surface area (Å²) in [6.07, 6.45) is 2.53. The third-order valence-corrected chi connectivity index (χ3v) is 9.01. The maximum atomic E-state index is 14.4. The van der Waals surface area contributed by atoms with Gasteiger partial charge in [-0.05, 0) is 96.8 Å². The number of aromatic nitrogens is 5. The number of nitriles is 1. The fraction of sp³-hybridized carbons (Fsp3) is 0.400. The molecule has 1 N–H and O–H groups in total. The second-order valence-electron chi connectivity index (χ2n) is 12.9. The molecule has 3 aromatic heterocycles. The molecule has 0 bridgehead atoms. The molecule has 0 amide bonds. The number of rotatable bonds is 9. The molecular weight excluding hydrogens is 605 g/mol. The van der Waals surface area contributed by atoms with Crippen molar-refractivity contribution in [3.8, 4) is 40.2 Å². The lowest BCUT2D eigenvalue weighted by Crippen LogP contribution is -2.33. The molecule has 0 radical (unpaired) electrons. The number of aryl methyl sites for hydroxylation is 1. The highest BCUT2D eigenvalue weighted by molar-refractivity contribution is 5.85. The minimum atomic E-state index is -4.63. The van der Waals surface area contributed by atoms with Crippen molar-refractivity contribution >= 4 is 16.9 Å². The Morgan fingerprint density at radius 2 is 1.91 bits per heavy atom. The maximum Gasteiger partial charge on any atom is 0.420 e. The van der Waals surface area contributed by atoms with Gasteiger partial charge in [0.1, 0.15) is 28.9 Å². The van der Waals surface area contributed by atoms with Crippen molar-refractivity contribution in [3.05, 3.63) is 65.5 Å². The van der Waals surface area contributed by atoms with Crippen LogP contribution in [0.15, 0.2) is 53.2 Å². The van der Waals surface area contributed by atoms with E-state index in [2.05, 4.69) is 38.4 Å². The number of oxazole rings is 1. The van der Waals surface area contributed by atoms with Gasteiger partial charge in [-0.15, -0.1) is 10.2 Å². The van der Waals surface area contributed by atoms with Gasteiger partial charge in [-0.25, -0.2) is 9.97 Å². The van der Waals surface area contributed by atoms with E-state index in [9.17, 15) is 18.4 Å². The molecule has 5 aromatic rings. The minimum Gasteiger partial charge on any atom is -0.434 e. The molecule has 0 unspecified atom stereocenters. The fourth-order valence-corrected chi connectivity index (χ4v) is 6.46. The Hall–Kier alpha value is -4.76. The predicted molar refractivity (Wildman–Crippen MR) is 172 cm³/mol. The summed E-state index contributed by atoms with van der Waals surface area (Å²) >= 11 is 0. The third-order valence-electron chi connectivity index (χ3n) is 9.01. The molecule has 242 valence electrons. The van der Waals surface area contributed by atoms with Crippen molar-refractivity contribution in [1.82, 2.24) is 29.6 Å². The highest BCUT2D eigenvalue weighted by atomic mass is 19.4. The first-order valence-electron chi connectivity index (χ1n) is 16.0. The molecule has 0 spiro atoms. The van der Waals surface area contributed by atoms with E-state index < -0.39 is 11.7 Å². The number of hydrogen-bond donors (Lipinski definition) is 1. The largest absolute Gasteiger partial charge is 0.434 e. The summed E-state index contributed by atoms with van der Waals surface area (Å²) in [5.41, 5.74) is 2.35. The number of alkyl halides is 3. The zero-order valence-electron chi connectivity index (χ0n) is 26.3. The Morgan fingerprint density at radius 3 is 2.64 bits per heavy atom. The smallest absolute Gasteiger partial charge is 0.420 e. The molecule has 1 aliphatic heterocycles. The SMILES string of the molecule is C[C@H]1CCCN(Cc2cc(C(F)(F)F)c3oc(-c4cc(-c5cc(C#N)ccc5-c5nncn5C)cc(NCCC5CC5)n4)nc3c2)C1. The normalized spacial score (nSPS) is 17.2. The molecule has 2 aromatic carbocycles. The standard InChI is InChI=1S/C35H35F3N8O/c1-21-4-3-11-46(18-21)19-24-13-28(35(36,37)38)32-29(14-24)43-34(47-32)30-15-25(16-31(42-30)40-10-9-22-5-6-22)27-12-23(17-39)7-8-26(27)33-44-41-20-45(33)2/h7-8,12-16,20-22H,3-6,9-11,18-19H2,1-2H3,(H,40,42)/t21-/m0/s1. The van der Waals surface area contributed by atoms with Crippen molar-refractivity contribution in [2.45, 2.75) is 51.7 Å². The van der Waals surface area contributed by atoms with Crippen LogP contribution in [-0.2, 0) is 19.8 Å². The molecule has 2 aliphatic rings. The van der Waals surface area contributed by atoms with Crippen LogP contribution in [-0.4, -0.2) is 49.3 Å². The van der Waals surface area contributed by atoms with Crippen LogP contribution in [0, 0.1) is 23.2 Å². The lowest BCUT2D eigenvalue weighted by atomic mass is 9.96. The summed E-state index contributed by atoms with van der Waals surface area (Å²) in [5, 5.41) is 21.4. The van der Waals surface area contributed by atoms with Crippen molar-refractivity contribution in [1.29, 1.82) is 5.26 Å². The summed E-state index contributed by atoms with van der Waals surface area (Å²) in [6.45, 7) is 4.97. The molecule has 4 heterocycles. The summed E-state index contributed by atoms with van der Waals surface area (Å²) in [5.74, 6) is 2.31. The first-order chi connectivity index (χ1) is 22.6. The van der Waals surface area contributed by atoms with E-state index in [-0.39, 0.29) is 22.7 Å². The maximum absolute atomic E-state index is 14.4. The summed E-state index contributed by atoms with van der Waals surface area (Å²) in [7, 11) is 1.83. The monoisotopic (exact) mass is 640 g/mol. The summed E-state index contributed by atoms with van der Waals surface area (Å²) < 4.78 is 51.0. The van der Waals surface area contributed by atoms with Crippen molar-refractivity contribution in [2.24, 2.45) is 18.9 Å². The van der Waals surface area contributed by atoms with Gasteiger partial charge in [0.05, 0.1) is 11.6 Å². The summed E-state index contributed by atoms with van der Waals surface area (Å²) in [6, 6.07) is 14.0. The van der Waals surface area contributed by atoms with Gasteiger partial charge in [0.15, 0.2) is 11.4 Å². The number of likely N-dealkylation sites (tertiary alicyclic amines) is 1. The number of pyridine rings is 1. The van der Waals surface area contributed by atoms with Crippen molar-refractivity contribution in [3.63, 3.8) is 0 Å². The minimum absolute atomic E-state index is 0.0158. The van der Waals surface area contributed by atoms with E-state index in [4.69, 9.17) is 9.40 Å². The number of piperidine rings is 1. The Morgan fingerprint density at radius 1 is 1.06 bits per heavy atom. The van der Waals surface area contributed by atoms with Crippen LogP contribution in [0.4, 0.5) is 19.0 Å². The molecule has 1 aliphatic carbocycles. The number of nitrogens with one attached hydrogen (secondary N) is 1. The van der Waals surface area contributed by atoms with Gasteiger partial charge >= 0.3 is 6.18 Å². The highest BCUT2D eigenvalue weighted by Gasteiger charge is 2.36. The van der Waals surface area contributed by atoms with Crippen molar-refractivity contribution in [2.75, 3.05) is 25.0 Å². The van der Waals surface area contributed by atoms with Gasteiger partial charge in [0.25, 0.3) is 0 Å². The second kappa shape index (κ2) is 12.4. The van der Waals surface area contributed by atoms with Crippen LogP contribution in [0.3, 0.4) is 0 Å². The van der Waals surface area contributed by atoms with Gasteiger partial charge in [0.2, 0.25) is 5.89 Å². The Balaban J connectivity index is 1.34. The Bertz CT molecular complexity index is 1970. The average molecular weight is 641 g/mol. The summed E-state index contributed by atoms with van der Waals surface area (Å²) in [4.78, 5) is 11.5. The van der Waals surface area contributed by atoms with E-state index in [1.165, 1.54) is 18.9 Å². The average Bonchev–Trinajstić information content (AvgIpc) is 3.61. The van der Waals surface area contributed by atoms with Crippen LogP contribution in [0.25, 0.3) is 45.2 Å². The van der Waals surface area contributed by atoms with Gasteiger partial charge in [-0.2, -0.15) is 18.4 Å². The van der Waals surface area contributed by atoms with Gasteiger partial charge in [-0.1, -0.05) is 19.8 Å². The molecule has 1 saturated carbocycles. The zero-order chi connectivity index (χ0) is 32.7. The van der Waals surface area contributed by atoms with Gasteiger partial charge < -0.3 is 14.3 Å². The van der Waals surface area contributed by atoms with E-state index >= 15 is 0 Å². The Kier molecular flexibility index (Phi) is 8.18. The van der Waals surface area contributed by atoms with E-state index in [0.717, 1.165) is 37.9 Å². The number of halogens is 3. The molecule has 2 fully saturated rings. The zero-order valence-corrected chi connectivity index (χ0v) is 26.3. The first-order valence-corrected chi connectivity index (χ1v) is 16.0. The van der Waals surface area contributed by atoms with E-state index in [1.807, 2.05) is 19.2 Å². The molecule has 47 heavy (non-hydrogen) atoms. The lowest BCUT2D eigenvalue weighted by molar-refractivity contribution is -0.136. The fourth-order valence-electron chi connectivity index (χ4n) is 6.46. The topological polar surface area (TPSA) is 109 Å². The van der Waals surface area contributed by atoms with Crippen LogP contribution in [0.2, 0.25) is 0 Å². The molecular formula is C35H35F3N8O. The first kappa shape index (κ1) is 30.9. The van der Waals surface area contributed by atoms with Crippen LogP contribution >= 0.6 is 0 Å². The number of benzene rings is 2. The van der Waals surface area contributed by atoms with Gasteiger partial charge in [0, 0.05) is 32.2 Å². The molecule has 12 heteroatoms. The Labute approximate surface area is 270 Å². The van der Waals surface area contributed by atoms with Crippen molar-refractivity contribution < 1.29 is 17.6 Å².